The van der Waals surface area contributed by atoms with Crippen molar-refractivity contribution in [3.63, 3.8) is 0 Å². The van der Waals surface area contributed by atoms with Crippen LogP contribution in [0.25, 0.3) is 0 Å². The van der Waals surface area contributed by atoms with Crippen molar-refractivity contribution in [1.82, 2.24) is 9.97 Å². The molecule has 96 valence electrons. The minimum absolute atomic E-state index is 0.237. The number of hydrogen-bond donors (Lipinski definition) is 1. The van der Waals surface area contributed by atoms with Crippen LogP contribution < -0.4 is 10.2 Å². The normalized spacial score (nSPS) is 14.0. The third-order valence-electron chi connectivity index (χ3n) is 2.93. The number of aryl methyl sites for hydroxylation is 1. The van der Waals surface area contributed by atoms with Crippen molar-refractivity contribution in [2.45, 2.75) is 13.5 Å². The molecule has 0 fully saturated rings. The molecule has 1 aromatic heterocycles. The van der Waals surface area contributed by atoms with E-state index >= 15 is 0 Å². The minimum Gasteiger partial charge on any atom is -0.291 e. The molecule has 0 radical (unpaired) electrons. The zero-order valence-electron chi connectivity index (χ0n) is 10.2. The summed E-state index contributed by atoms with van der Waals surface area (Å²) >= 11 is 6.12. The Hall–Kier alpha value is -2.14. The summed E-state index contributed by atoms with van der Waals surface area (Å²) in [6, 6.07) is 7.00. The maximum atomic E-state index is 12.1. The molecule has 0 aliphatic carbocycles. The lowest BCUT2D eigenvalue weighted by molar-refractivity contribution is 0.256. The van der Waals surface area contributed by atoms with Gasteiger partial charge in [-0.3, -0.25) is 10.2 Å². The van der Waals surface area contributed by atoms with Crippen LogP contribution in [0.1, 0.15) is 11.4 Å². The lowest BCUT2D eigenvalue weighted by atomic mass is 10.2. The summed E-state index contributed by atoms with van der Waals surface area (Å²) in [6.07, 6.45) is 1.72. The largest absolute Gasteiger partial charge is 0.327 e. The second-order valence-electron chi connectivity index (χ2n) is 4.26. The predicted octanol–water partition coefficient (Wildman–Crippen LogP) is 2.99. The summed E-state index contributed by atoms with van der Waals surface area (Å²) in [5.41, 5.74) is 1.54. The van der Waals surface area contributed by atoms with Crippen LogP contribution >= 0.6 is 11.6 Å². The van der Waals surface area contributed by atoms with E-state index in [0.717, 1.165) is 5.56 Å². The Bertz CT molecular complexity index is 659. The van der Waals surface area contributed by atoms with Gasteiger partial charge in [0.2, 0.25) is 0 Å². The Kier molecular flexibility index (Phi) is 2.83. The van der Waals surface area contributed by atoms with Gasteiger partial charge in [-0.25, -0.2) is 14.8 Å². The standard InChI is InChI=1S/C13H11ClN4O/c1-8-15-6-9-7-18(13(19)17-12(9)16-8)11-5-3-2-4-10(11)14/h2-6H,7H2,1H3,(H,15,16,17,19). The number of amides is 2. The van der Waals surface area contributed by atoms with Gasteiger partial charge in [0.25, 0.3) is 0 Å². The molecule has 0 unspecified atom stereocenters. The van der Waals surface area contributed by atoms with Crippen LogP contribution in [0.15, 0.2) is 30.5 Å². The molecule has 0 saturated carbocycles. The first-order chi connectivity index (χ1) is 9.15. The van der Waals surface area contributed by atoms with E-state index in [1.807, 2.05) is 18.2 Å². The van der Waals surface area contributed by atoms with E-state index in [9.17, 15) is 4.79 Å². The molecule has 0 atom stereocenters. The summed E-state index contributed by atoms with van der Waals surface area (Å²) in [5.74, 6) is 1.20. The van der Waals surface area contributed by atoms with Crippen LogP contribution in [0.4, 0.5) is 16.3 Å². The van der Waals surface area contributed by atoms with Crippen LogP contribution in [0.3, 0.4) is 0 Å². The second kappa shape index (κ2) is 4.51. The van der Waals surface area contributed by atoms with E-state index in [2.05, 4.69) is 15.3 Å². The third kappa shape index (κ3) is 2.13. The number of aromatic nitrogens is 2. The zero-order chi connectivity index (χ0) is 13.4. The number of para-hydroxylation sites is 1. The molecule has 2 heterocycles. The van der Waals surface area contributed by atoms with E-state index in [1.54, 1.807) is 24.1 Å². The maximum absolute atomic E-state index is 12.1. The summed E-state index contributed by atoms with van der Waals surface area (Å²) in [6.45, 7) is 2.19. The average Bonchev–Trinajstić information content (AvgIpc) is 2.39. The number of halogens is 1. The smallest absolute Gasteiger partial charge is 0.291 e. The summed E-state index contributed by atoms with van der Waals surface area (Å²) < 4.78 is 0. The molecule has 1 aliphatic rings. The van der Waals surface area contributed by atoms with Crippen molar-refractivity contribution in [1.29, 1.82) is 0 Å². The van der Waals surface area contributed by atoms with E-state index in [4.69, 9.17) is 11.6 Å². The Morgan fingerprint density at radius 1 is 1.37 bits per heavy atom. The predicted molar refractivity (Wildman–Crippen MR) is 73.4 cm³/mol. The number of hydrogen-bond acceptors (Lipinski definition) is 3. The molecule has 19 heavy (non-hydrogen) atoms. The molecule has 0 saturated heterocycles. The lowest BCUT2D eigenvalue weighted by Crippen LogP contribution is -2.39. The Labute approximate surface area is 115 Å². The Morgan fingerprint density at radius 3 is 2.95 bits per heavy atom. The van der Waals surface area contributed by atoms with E-state index in [1.165, 1.54) is 0 Å². The second-order valence-corrected chi connectivity index (χ2v) is 4.67. The topological polar surface area (TPSA) is 58.1 Å². The van der Waals surface area contributed by atoms with Gasteiger partial charge in [0, 0.05) is 11.8 Å². The molecule has 1 N–H and O–H groups in total. The van der Waals surface area contributed by atoms with Crippen molar-refractivity contribution in [3.8, 4) is 0 Å². The van der Waals surface area contributed by atoms with E-state index in [0.29, 0.717) is 28.9 Å². The van der Waals surface area contributed by atoms with Crippen LogP contribution in [0.2, 0.25) is 5.02 Å². The lowest BCUT2D eigenvalue weighted by Gasteiger charge is -2.29. The minimum atomic E-state index is -0.237. The highest BCUT2D eigenvalue weighted by Crippen LogP contribution is 2.30. The van der Waals surface area contributed by atoms with Crippen LogP contribution in [-0.2, 0) is 6.54 Å². The van der Waals surface area contributed by atoms with E-state index < -0.39 is 0 Å². The van der Waals surface area contributed by atoms with Crippen molar-refractivity contribution in [2.75, 3.05) is 10.2 Å². The van der Waals surface area contributed by atoms with Gasteiger partial charge < -0.3 is 0 Å². The van der Waals surface area contributed by atoms with Crippen molar-refractivity contribution in [2.24, 2.45) is 0 Å². The van der Waals surface area contributed by atoms with Gasteiger partial charge in [0.05, 0.1) is 17.3 Å². The molecule has 2 amide bonds. The van der Waals surface area contributed by atoms with Crippen LogP contribution in [0, 0.1) is 6.92 Å². The number of fused-ring (bicyclic) bond motifs is 1. The summed E-state index contributed by atoms with van der Waals surface area (Å²) in [5, 5.41) is 3.29. The number of anilines is 2. The fourth-order valence-electron chi connectivity index (χ4n) is 2.00. The van der Waals surface area contributed by atoms with Gasteiger partial charge >= 0.3 is 6.03 Å². The molecule has 6 heteroatoms. The molecule has 5 nitrogen and oxygen atoms in total. The third-order valence-corrected chi connectivity index (χ3v) is 3.25. The van der Waals surface area contributed by atoms with Gasteiger partial charge in [-0.15, -0.1) is 0 Å². The molecule has 0 spiro atoms. The van der Waals surface area contributed by atoms with Gasteiger partial charge in [-0.1, -0.05) is 23.7 Å². The highest BCUT2D eigenvalue weighted by atomic mass is 35.5. The number of urea groups is 1. The van der Waals surface area contributed by atoms with E-state index in [-0.39, 0.29) is 6.03 Å². The number of rotatable bonds is 1. The fourth-order valence-corrected chi connectivity index (χ4v) is 2.23. The highest BCUT2D eigenvalue weighted by molar-refractivity contribution is 6.34. The quantitative estimate of drug-likeness (QED) is 0.870. The van der Waals surface area contributed by atoms with Gasteiger partial charge in [-0.2, -0.15) is 0 Å². The summed E-state index contributed by atoms with van der Waals surface area (Å²) in [4.78, 5) is 22.0. The van der Waals surface area contributed by atoms with Crippen molar-refractivity contribution >= 4 is 29.1 Å². The molecular weight excluding hydrogens is 264 g/mol. The molecule has 1 aromatic carbocycles. The van der Waals surface area contributed by atoms with Gasteiger partial charge in [0.1, 0.15) is 11.6 Å². The van der Waals surface area contributed by atoms with Crippen molar-refractivity contribution < 1.29 is 4.79 Å². The van der Waals surface area contributed by atoms with Gasteiger partial charge in [-0.05, 0) is 19.1 Å². The molecule has 0 bridgehead atoms. The summed E-state index contributed by atoms with van der Waals surface area (Å²) in [7, 11) is 0. The highest BCUT2D eigenvalue weighted by Gasteiger charge is 2.26. The van der Waals surface area contributed by atoms with Crippen LogP contribution in [-0.4, -0.2) is 16.0 Å². The van der Waals surface area contributed by atoms with Crippen molar-refractivity contribution in [3.05, 3.63) is 46.9 Å². The first-order valence-corrected chi connectivity index (χ1v) is 6.18. The molecular formula is C13H11ClN4O. The number of carbonyl (C=O) groups excluding carboxylic acids is 1. The number of benzene rings is 1. The number of nitrogens with zero attached hydrogens (tertiary/aromatic N) is 3. The Morgan fingerprint density at radius 2 is 2.16 bits per heavy atom. The fraction of sp³-hybridized carbons (Fsp3) is 0.154. The Balaban J connectivity index is 2.01. The number of carbonyl (C=O) groups is 1. The number of nitrogens with one attached hydrogen (secondary N) is 1. The first kappa shape index (κ1) is 11.9. The molecule has 2 aromatic rings. The average molecular weight is 275 g/mol. The molecule has 1 aliphatic heterocycles. The molecule has 3 rings (SSSR count). The van der Waals surface area contributed by atoms with Crippen LogP contribution in [0.5, 0.6) is 0 Å². The first-order valence-electron chi connectivity index (χ1n) is 5.81. The maximum Gasteiger partial charge on any atom is 0.327 e. The van der Waals surface area contributed by atoms with Gasteiger partial charge in [0.15, 0.2) is 0 Å². The monoisotopic (exact) mass is 274 g/mol. The SMILES string of the molecule is Cc1ncc2c(n1)NC(=O)N(c1ccccc1Cl)C2. The zero-order valence-corrected chi connectivity index (χ0v) is 11.0.